The molecule has 2 aromatic carbocycles. The number of nitriles is 1. The SMILES string of the molecule is CCc1noc(CCCC(=O)Nc2cccc(OCc3cccc(C#N)c3)c2)n1. The highest BCUT2D eigenvalue weighted by Crippen LogP contribution is 2.19. The van der Waals surface area contributed by atoms with E-state index in [4.69, 9.17) is 14.5 Å². The molecule has 7 nitrogen and oxygen atoms in total. The van der Waals surface area contributed by atoms with E-state index in [0.717, 1.165) is 12.0 Å². The van der Waals surface area contributed by atoms with Gasteiger partial charge in [0.2, 0.25) is 11.8 Å². The summed E-state index contributed by atoms with van der Waals surface area (Å²) in [4.78, 5) is 16.4. The van der Waals surface area contributed by atoms with Gasteiger partial charge in [-0.05, 0) is 36.2 Å². The molecule has 3 aromatic rings. The van der Waals surface area contributed by atoms with Crippen molar-refractivity contribution in [3.8, 4) is 11.8 Å². The van der Waals surface area contributed by atoms with Gasteiger partial charge in [0.15, 0.2) is 5.82 Å². The highest BCUT2D eigenvalue weighted by molar-refractivity contribution is 5.90. The number of hydrogen-bond acceptors (Lipinski definition) is 6. The molecule has 0 aliphatic carbocycles. The smallest absolute Gasteiger partial charge is 0.226 e. The number of carbonyl (C=O) groups excluding carboxylic acids is 1. The number of aromatic nitrogens is 2. The topological polar surface area (TPSA) is 101 Å². The van der Waals surface area contributed by atoms with Gasteiger partial charge in [0.05, 0.1) is 11.6 Å². The summed E-state index contributed by atoms with van der Waals surface area (Å²) >= 11 is 0. The molecule has 1 amide bonds. The van der Waals surface area contributed by atoms with E-state index in [-0.39, 0.29) is 5.91 Å². The van der Waals surface area contributed by atoms with Gasteiger partial charge >= 0.3 is 0 Å². The van der Waals surface area contributed by atoms with E-state index in [2.05, 4.69) is 21.5 Å². The molecule has 0 fully saturated rings. The number of ether oxygens (including phenoxy) is 1. The summed E-state index contributed by atoms with van der Waals surface area (Å²) in [6, 6.07) is 16.6. The number of amides is 1. The van der Waals surface area contributed by atoms with Gasteiger partial charge in [-0.25, -0.2) is 0 Å². The third-order valence-corrected chi connectivity index (χ3v) is 4.20. The molecule has 0 spiro atoms. The Balaban J connectivity index is 1.47. The maximum atomic E-state index is 12.2. The van der Waals surface area contributed by atoms with Crippen molar-refractivity contribution in [2.45, 2.75) is 39.2 Å². The van der Waals surface area contributed by atoms with E-state index < -0.39 is 0 Å². The first-order chi connectivity index (χ1) is 14.2. The van der Waals surface area contributed by atoms with Gasteiger partial charge in [-0.15, -0.1) is 0 Å². The number of nitrogens with zero attached hydrogens (tertiary/aromatic N) is 3. The molecule has 7 heteroatoms. The van der Waals surface area contributed by atoms with Crippen molar-refractivity contribution in [1.29, 1.82) is 5.26 Å². The van der Waals surface area contributed by atoms with Gasteiger partial charge in [0.25, 0.3) is 0 Å². The Morgan fingerprint density at radius 3 is 2.90 bits per heavy atom. The fourth-order valence-corrected chi connectivity index (χ4v) is 2.72. The molecule has 0 unspecified atom stereocenters. The standard InChI is InChI=1S/C22H22N4O3/c1-2-20-25-22(29-26-20)11-5-10-21(27)24-18-8-4-9-19(13-18)28-15-17-7-3-6-16(12-17)14-23/h3-4,6-9,12-13H,2,5,10-11,15H2,1H3,(H,24,27). The van der Waals surface area contributed by atoms with Crippen molar-refractivity contribution < 1.29 is 14.1 Å². The summed E-state index contributed by atoms with van der Waals surface area (Å²) in [7, 11) is 0. The zero-order valence-electron chi connectivity index (χ0n) is 16.2. The third-order valence-electron chi connectivity index (χ3n) is 4.20. The van der Waals surface area contributed by atoms with Crippen LogP contribution in [0, 0.1) is 11.3 Å². The minimum atomic E-state index is -0.0842. The number of anilines is 1. The van der Waals surface area contributed by atoms with Gasteiger partial charge < -0.3 is 14.6 Å². The van der Waals surface area contributed by atoms with Crippen molar-refractivity contribution in [2.75, 3.05) is 5.32 Å². The van der Waals surface area contributed by atoms with Crippen LogP contribution in [0.2, 0.25) is 0 Å². The second kappa shape index (κ2) is 10.0. The van der Waals surface area contributed by atoms with Gasteiger partial charge in [0.1, 0.15) is 12.4 Å². The minimum absolute atomic E-state index is 0.0842. The van der Waals surface area contributed by atoms with Crippen molar-refractivity contribution in [1.82, 2.24) is 10.1 Å². The fraction of sp³-hybridized carbons (Fsp3) is 0.273. The summed E-state index contributed by atoms with van der Waals surface area (Å²) in [5.41, 5.74) is 2.17. The molecule has 0 aliphatic rings. The number of carbonyl (C=O) groups is 1. The normalized spacial score (nSPS) is 10.3. The Bertz CT molecular complexity index is 1010. The van der Waals surface area contributed by atoms with Crippen LogP contribution in [-0.4, -0.2) is 16.0 Å². The predicted molar refractivity (Wildman–Crippen MR) is 107 cm³/mol. The molecule has 3 rings (SSSR count). The fourth-order valence-electron chi connectivity index (χ4n) is 2.72. The van der Waals surface area contributed by atoms with E-state index in [1.807, 2.05) is 37.3 Å². The average molecular weight is 390 g/mol. The van der Waals surface area contributed by atoms with Gasteiger partial charge in [0, 0.05) is 31.0 Å². The minimum Gasteiger partial charge on any atom is -0.489 e. The van der Waals surface area contributed by atoms with Crippen molar-refractivity contribution >= 4 is 11.6 Å². The molecule has 148 valence electrons. The molecular weight excluding hydrogens is 368 g/mol. The number of rotatable bonds is 9. The van der Waals surface area contributed by atoms with E-state index in [1.54, 1.807) is 18.2 Å². The van der Waals surface area contributed by atoms with Crippen molar-refractivity contribution in [2.24, 2.45) is 0 Å². The molecule has 1 heterocycles. The van der Waals surface area contributed by atoms with Crippen molar-refractivity contribution in [3.63, 3.8) is 0 Å². The molecule has 0 radical (unpaired) electrons. The number of benzene rings is 2. The second-order valence-corrected chi connectivity index (χ2v) is 6.49. The Morgan fingerprint density at radius 2 is 2.10 bits per heavy atom. The number of nitrogens with one attached hydrogen (secondary N) is 1. The largest absolute Gasteiger partial charge is 0.489 e. The van der Waals surface area contributed by atoms with Crippen LogP contribution in [-0.2, 0) is 24.2 Å². The summed E-state index contributed by atoms with van der Waals surface area (Å²) in [5, 5.41) is 15.7. The molecule has 0 atom stereocenters. The molecule has 1 N–H and O–H groups in total. The maximum absolute atomic E-state index is 12.2. The third kappa shape index (κ3) is 6.18. The number of aryl methyl sites for hydroxylation is 2. The maximum Gasteiger partial charge on any atom is 0.226 e. The van der Waals surface area contributed by atoms with Crippen LogP contribution in [0.4, 0.5) is 5.69 Å². The van der Waals surface area contributed by atoms with E-state index in [1.165, 1.54) is 0 Å². The van der Waals surface area contributed by atoms with Gasteiger partial charge in [-0.2, -0.15) is 10.2 Å². The van der Waals surface area contributed by atoms with Gasteiger partial charge in [-0.1, -0.05) is 30.3 Å². The van der Waals surface area contributed by atoms with Crippen LogP contribution in [0.3, 0.4) is 0 Å². The van der Waals surface area contributed by atoms with Crippen LogP contribution in [0.1, 0.15) is 42.6 Å². The Hall–Kier alpha value is -3.66. The Kier molecular flexibility index (Phi) is 6.95. The lowest BCUT2D eigenvalue weighted by atomic mass is 10.1. The molecular formula is C22H22N4O3. The quantitative estimate of drug-likeness (QED) is 0.592. The zero-order valence-corrected chi connectivity index (χ0v) is 16.2. The molecule has 1 aromatic heterocycles. The van der Waals surface area contributed by atoms with Crippen LogP contribution >= 0.6 is 0 Å². The monoisotopic (exact) mass is 390 g/mol. The van der Waals surface area contributed by atoms with Crippen molar-refractivity contribution in [3.05, 3.63) is 71.4 Å². The van der Waals surface area contributed by atoms with Crippen LogP contribution < -0.4 is 10.1 Å². The molecule has 29 heavy (non-hydrogen) atoms. The van der Waals surface area contributed by atoms with E-state index in [0.29, 0.717) is 54.6 Å². The van der Waals surface area contributed by atoms with Crippen LogP contribution in [0.5, 0.6) is 5.75 Å². The van der Waals surface area contributed by atoms with Crippen LogP contribution in [0.15, 0.2) is 53.1 Å². The average Bonchev–Trinajstić information content (AvgIpc) is 3.21. The highest BCUT2D eigenvalue weighted by atomic mass is 16.5. The summed E-state index contributed by atoms with van der Waals surface area (Å²) in [5.74, 6) is 1.80. The summed E-state index contributed by atoms with van der Waals surface area (Å²) in [6.07, 6.45) is 2.29. The molecule has 0 saturated carbocycles. The first-order valence-electron chi connectivity index (χ1n) is 9.49. The number of hydrogen-bond donors (Lipinski definition) is 1. The zero-order chi connectivity index (χ0) is 20.5. The molecule has 0 bridgehead atoms. The van der Waals surface area contributed by atoms with E-state index >= 15 is 0 Å². The second-order valence-electron chi connectivity index (χ2n) is 6.49. The lowest BCUT2D eigenvalue weighted by Crippen LogP contribution is -2.11. The molecule has 0 saturated heterocycles. The Labute approximate surface area is 169 Å². The predicted octanol–water partition coefficient (Wildman–Crippen LogP) is 4.04. The molecule has 0 aliphatic heterocycles. The lowest BCUT2D eigenvalue weighted by molar-refractivity contribution is -0.116. The Morgan fingerprint density at radius 1 is 1.24 bits per heavy atom. The van der Waals surface area contributed by atoms with Gasteiger partial charge in [-0.3, -0.25) is 4.79 Å². The first kappa shape index (κ1) is 20.1. The first-order valence-corrected chi connectivity index (χ1v) is 9.49. The van der Waals surface area contributed by atoms with Crippen LogP contribution in [0.25, 0.3) is 0 Å². The highest BCUT2D eigenvalue weighted by Gasteiger charge is 2.08. The lowest BCUT2D eigenvalue weighted by Gasteiger charge is -2.09. The summed E-state index contributed by atoms with van der Waals surface area (Å²) in [6.45, 7) is 2.31. The van der Waals surface area contributed by atoms with E-state index in [9.17, 15) is 4.79 Å². The summed E-state index contributed by atoms with van der Waals surface area (Å²) < 4.78 is 10.9.